The second-order valence-electron chi connectivity index (χ2n) is 6.65. The maximum absolute atomic E-state index is 13.1. The fraction of sp³-hybridized carbons (Fsp3) is 0.0870. The molecule has 1 aromatic heterocycles. The van der Waals surface area contributed by atoms with E-state index in [2.05, 4.69) is 5.32 Å². The molecule has 31 heavy (non-hydrogen) atoms. The van der Waals surface area contributed by atoms with E-state index in [1.54, 1.807) is 23.9 Å². The van der Waals surface area contributed by atoms with Crippen molar-refractivity contribution in [1.29, 1.82) is 0 Å². The number of benzene rings is 2. The average Bonchev–Trinajstić information content (AvgIpc) is 3.20. The number of anilines is 1. The molecule has 1 N–H and O–H groups in total. The lowest BCUT2D eigenvalue weighted by atomic mass is 10.1. The average molecular weight is 469 g/mol. The molecule has 0 bridgehead atoms. The Balaban J connectivity index is 1.61. The van der Waals surface area contributed by atoms with Crippen molar-refractivity contribution in [3.8, 4) is 0 Å². The first-order chi connectivity index (χ1) is 15.0. The summed E-state index contributed by atoms with van der Waals surface area (Å²) in [7, 11) is 0. The zero-order valence-corrected chi connectivity index (χ0v) is 18.8. The number of barbiturate groups is 1. The number of thiophene rings is 1. The van der Waals surface area contributed by atoms with Gasteiger partial charge >= 0.3 is 6.03 Å². The molecule has 5 nitrogen and oxygen atoms in total. The first kappa shape index (κ1) is 21.4. The number of amides is 4. The van der Waals surface area contributed by atoms with E-state index in [4.69, 9.17) is 11.6 Å². The smallest absolute Gasteiger partial charge is 0.273 e. The number of para-hydroxylation sites is 1. The number of urea groups is 1. The number of halogens is 1. The molecular formula is C23H17ClN2O3S2. The van der Waals surface area contributed by atoms with E-state index < -0.39 is 17.8 Å². The number of hydrogen-bond acceptors (Lipinski definition) is 5. The number of carbonyl (C=O) groups is 3. The fourth-order valence-electron chi connectivity index (χ4n) is 3.13. The zero-order valence-electron chi connectivity index (χ0n) is 16.4. The monoisotopic (exact) mass is 468 g/mol. The van der Waals surface area contributed by atoms with Crippen molar-refractivity contribution in [2.45, 2.75) is 22.4 Å². The van der Waals surface area contributed by atoms with Crippen LogP contribution in [0.3, 0.4) is 0 Å². The van der Waals surface area contributed by atoms with E-state index in [1.165, 1.54) is 17.4 Å². The quantitative estimate of drug-likeness (QED) is 0.380. The Morgan fingerprint density at radius 1 is 1.03 bits per heavy atom. The number of imide groups is 2. The molecule has 156 valence electrons. The predicted octanol–water partition coefficient (Wildman–Crippen LogP) is 5.78. The summed E-state index contributed by atoms with van der Waals surface area (Å²) in [4.78, 5) is 40.8. The van der Waals surface area contributed by atoms with Gasteiger partial charge < -0.3 is 0 Å². The van der Waals surface area contributed by atoms with Crippen LogP contribution in [0.2, 0.25) is 5.02 Å². The fourth-order valence-corrected chi connectivity index (χ4v) is 5.32. The van der Waals surface area contributed by atoms with Crippen LogP contribution >= 0.6 is 34.7 Å². The van der Waals surface area contributed by atoms with Gasteiger partial charge in [0.15, 0.2) is 0 Å². The van der Waals surface area contributed by atoms with E-state index >= 15 is 0 Å². The highest BCUT2D eigenvalue weighted by Crippen LogP contribution is 2.35. The third-order valence-corrected chi connectivity index (χ3v) is 7.06. The van der Waals surface area contributed by atoms with Crippen LogP contribution in [-0.2, 0) is 16.0 Å². The van der Waals surface area contributed by atoms with E-state index in [1.807, 2.05) is 55.5 Å². The molecule has 3 aromatic rings. The highest BCUT2D eigenvalue weighted by molar-refractivity contribution is 8.01. The maximum atomic E-state index is 13.1. The Labute approximate surface area is 192 Å². The van der Waals surface area contributed by atoms with Crippen LogP contribution in [0.5, 0.6) is 0 Å². The third kappa shape index (κ3) is 4.58. The summed E-state index contributed by atoms with van der Waals surface area (Å²) in [6.45, 7) is 1.94. The van der Waals surface area contributed by atoms with Gasteiger partial charge in [0.05, 0.1) is 9.90 Å². The molecule has 2 heterocycles. The molecule has 1 aliphatic rings. The van der Waals surface area contributed by atoms with Gasteiger partial charge in [0, 0.05) is 14.8 Å². The molecule has 1 fully saturated rings. The molecule has 4 rings (SSSR count). The Morgan fingerprint density at radius 2 is 1.77 bits per heavy atom. The predicted molar refractivity (Wildman–Crippen MR) is 125 cm³/mol. The lowest BCUT2D eigenvalue weighted by Gasteiger charge is -2.27. The van der Waals surface area contributed by atoms with Crippen molar-refractivity contribution in [2.24, 2.45) is 0 Å². The van der Waals surface area contributed by atoms with Gasteiger partial charge in [0.2, 0.25) is 0 Å². The van der Waals surface area contributed by atoms with Crippen LogP contribution in [0.15, 0.2) is 75.3 Å². The largest absolute Gasteiger partial charge is 0.335 e. The molecule has 0 atom stereocenters. The summed E-state index contributed by atoms with van der Waals surface area (Å²) in [5.41, 5.74) is 1.25. The van der Waals surface area contributed by atoms with Crippen LogP contribution in [0.1, 0.15) is 17.4 Å². The maximum Gasteiger partial charge on any atom is 0.335 e. The number of rotatable bonds is 5. The Kier molecular flexibility index (Phi) is 6.27. The molecule has 0 spiro atoms. The second kappa shape index (κ2) is 9.09. The van der Waals surface area contributed by atoms with Gasteiger partial charge in [-0.05, 0) is 60.5 Å². The van der Waals surface area contributed by atoms with Crippen LogP contribution in [0.4, 0.5) is 10.5 Å². The van der Waals surface area contributed by atoms with Crippen molar-refractivity contribution in [1.82, 2.24) is 5.32 Å². The van der Waals surface area contributed by atoms with Crippen molar-refractivity contribution in [2.75, 3.05) is 4.90 Å². The highest BCUT2D eigenvalue weighted by atomic mass is 35.5. The minimum Gasteiger partial charge on any atom is -0.273 e. The van der Waals surface area contributed by atoms with E-state index in [0.717, 1.165) is 24.4 Å². The third-order valence-electron chi connectivity index (χ3n) is 4.64. The number of nitrogens with zero attached hydrogens (tertiary/aromatic N) is 1. The molecule has 4 amide bonds. The first-order valence-corrected chi connectivity index (χ1v) is 11.5. The van der Waals surface area contributed by atoms with Gasteiger partial charge in [-0.25, -0.2) is 9.69 Å². The topological polar surface area (TPSA) is 66.5 Å². The van der Waals surface area contributed by atoms with Crippen molar-refractivity contribution in [3.05, 3.63) is 81.7 Å². The van der Waals surface area contributed by atoms with Crippen LogP contribution in [-0.4, -0.2) is 17.8 Å². The standard InChI is InChI=1S/C23H17ClN2O3S2/c1-2-14-5-3-4-6-19(14)26-22(28)18(21(27)25-23(26)29)13-17-11-12-20(31-17)30-16-9-7-15(24)8-10-16/h3-13H,2H2,1H3,(H,25,27,29)/b18-13+. The Morgan fingerprint density at radius 3 is 2.52 bits per heavy atom. The van der Waals surface area contributed by atoms with Gasteiger partial charge in [-0.3, -0.25) is 14.9 Å². The number of hydrogen-bond donors (Lipinski definition) is 1. The second-order valence-corrected chi connectivity index (χ2v) is 9.58. The molecule has 0 radical (unpaired) electrons. The van der Waals surface area contributed by atoms with Crippen molar-refractivity contribution in [3.63, 3.8) is 0 Å². The molecule has 1 aliphatic heterocycles. The summed E-state index contributed by atoms with van der Waals surface area (Å²) in [6, 6.07) is 17.7. The SMILES string of the molecule is CCc1ccccc1N1C(=O)NC(=O)/C(=C\c2ccc(Sc3ccc(Cl)cc3)s2)C1=O. The van der Waals surface area contributed by atoms with Gasteiger partial charge in [0.25, 0.3) is 11.8 Å². The lowest BCUT2D eigenvalue weighted by Crippen LogP contribution is -2.54. The Hall–Kier alpha value is -2.87. The van der Waals surface area contributed by atoms with E-state index in [0.29, 0.717) is 17.1 Å². The van der Waals surface area contributed by atoms with Gasteiger partial charge in [-0.1, -0.05) is 48.5 Å². The summed E-state index contributed by atoms with van der Waals surface area (Å²) >= 11 is 8.94. The molecule has 0 unspecified atom stereocenters. The Bertz CT molecular complexity index is 1200. The summed E-state index contributed by atoms with van der Waals surface area (Å²) in [5.74, 6) is -1.32. The van der Waals surface area contributed by atoms with Gasteiger partial charge in [-0.15, -0.1) is 11.3 Å². The number of aryl methyl sites for hydroxylation is 1. The number of nitrogens with one attached hydrogen (secondary N) is 1. The molecular weight excluding hydrogens is 452 g/mol. The highest BCUT2D eigenvalue weighted by Gasteiger charge is 2.37. The van der Waals surface area contributed by atoms with Crippen molar-refractivity contribution >= 4 is 64.3 Å². The van der Waals surface area contributed by atoms with E-state index in [9.17, 15) is 14.4 Å². The van der Waals surface area contributed by atoms with Gasteiger partial charge in [0.1, 0.15) is 5.57 Å². The molecule has 8 heteroatoms. The van der Waals surface area contributed by atoms with Crippen LogP contribution in [0, 0.1) is 0 Å². The van der Waals surface area contributed by atoms with Crippen LogP contribution in [0.25, 0.3) is 6.08 Å². The molecule has 2 aromatic carbocycles. The summed E-state index contributed by atoms with van der Waals surface area (Å²) < 4.78 is 1.00. The normalized spacial score (nSPS) is 15.5. The van der Waals surface area contributed by atoms with Crippen molar-refractivity contribution < 1.29 is 14.4 Å². The molecule has 0 saturated carbocycles. The molecule has 1 saturated heterocycles. The summed E-state index contributed by atoms with van der Waals surface area (Å²) in [6.07, 6.45) is 2.18. The molecule has 0 aliphatic carbocycles. The first-order valence-electron chi connectivity index (χ1n) is 9.49. The lowest BCUT2D eigenvalue weighted by molar-refractivity contribution is -0.122. The zero-order chi connectivity index (χ0) is 22.0. The summed E-state index contributed by atoms with van der Waals surface area (Å²) in [5, 5.41) is 2.95. The number of carbonyl (C=O) groups excluding carboxylic acids is 3. The minimum absolute atomic E-state index is 0.0737. The minimum atomic E-state index is -0.738. The van der Waals surface area contributed by atoms with E-state index in [-0.39, 0.29) is 5.57 Å². The van der Waals surface area contributed by atoms with Crippen LogP contribution < -0.4 is 10.2 Å². The van der Waals surface area contributed by atoms with Gasteiger partial charge in [-0.2, -0.15) is 0 Å².